The largest absolute Gasteiger partial charge is 0.353 e. The molecule has 0 aliphatic carbocycles. The standard InChI is InChI=1S/C14H18O2/c1-4-15-13(3)16-11-5-6-14-9-7-12(2)8-10-14/h7-10,13H,4,11H2,1-3H3. The zero-order chi connectivity index (χ0) is 11.8. The van der Waals surface area contributed by atoms with Gasteiger partial charge in [-0.05, 0) is 32.9 Å². The van der Waals surface area contributed by atoms with Gasteiger partial charge >= 0.3 is 0 Å². The fourth-order valence-corrected chi connectivity index (χ4v) is 1.22. The van der Waals surface area contributed by atoms with E-state index in [1.807, 2.05) is 38.1 Å². The summed E-state index contributed by atoms with van der Waals surface area (Å²) >= 11 is 0. The first-order valence-corrected chi connectivity index (χ1v) is 5.51. The Kier molecular flexibility index (Phi) is 5.63. The zero-order valence-electron chi connectivity index (χ0n) is 10.1. The normalized spacial score (nSPS) is 11.7. The molecule has 2 nitrogen and oxygen atoms in total. The molecule has 0 saturated heterocycles. The van der Waals surface area contributed by atoms with Crippen LogP contribution in [0, 0.1) is 18.8 Å². The van der Waals surface area contributed by atoms with Crippen LogP contribution in [0.1, 0.15) is 25.0 Å². The summed E-state index contributed by atoms with van der Waals surface area (Å²) in [6, 6.07) is 8.12. The topological polar surface area (TPSA) is 18.5 Å². The van der Waals surface area contributed by atoms with E-state index in [0.29, 0.717) is 13.2 Å². The van der Waals surface area contributed by atoms with Crippen LogP contribution in [0.3, 0.4) is 0 Å². The second kappa shape index (κ2) is 7.05. The molecule has 0 radical (unpaired) electrons. The molecule has 0 fully saturated rings. The average molecular weight is 218 g/mol. The van der Waals surface area contributed by atoms with Crippen LogP contribution >= 0.6 is 0 Å². The average Bonchev–Trinajstić information content (AvgIpc) is 2.27. The third kappa shape index (κ3) is 4.97. The summed E-state index contributed by atoms with van der Waals surface area (Å²) in [5.74, 6) is 6.00. The van der Waals surface area contributed by atoms with E-state index >= 15 is 0 Å². The summed E-state index contributed by atoms with van der Waals surface area (Å²) in [6.45, 7) is 6.93. The Bertz CT molecular complexity index is 357. The summed E-state index contributed by atoms with van der Waals surface area (Å²) in [5.41, 5.74) is 2.25. The van der Waals surface area contributed by atoms with Crippen LogP contribution in [-0.2, 0) is 9.47 Å². The molecule has 86 valence electrons. The molecule has 0 aliphatic heterocycles. The highest BCUT2D eigenvalue weighted by molar-refractivity contribution is 5.35. The van der Waals surface area contributed by atoms with Gasteiger partial charge in [0.1, 0.15) is 6.61 Å². The first kappa shape index (κ1) is 12.8. The Morgan fingerprint density at radius 2 is 1.88 bits per heavy atom. The highest BCUT2D eigenvalue weighted by atomic mass is 16.7. The summed E-state index contributed by atoms with van der Waals surface area (Å²) in [6.07, 6.45) is -0.183. The minimum absolute atomic E-state index is 0.183. The van der Waals surface area contributed by atoms with Crippen molar-refractivity contribution < 1.29 is 9.47 Å². The first-order valence-electron chi connectivity index (χ1n) is 5.51. The lowest BCUT2D eigenvalue weighted by Crippen LogP contribution is -2.12. The van der Waals surface area contributed by atoms with Gasteiger partial charge in [-0.25, -0.2) is 0 Å². The SMILES string of the molecule is CCOC(C)OCC#Cc1ccc(C)cc1. The van der Waals surface area contributed by atoms with Crippen molar-refractivity contribution in [3.63, 3.8) is 0 Å². The van der Waals surface area contributed by atoms with Gasteiger partial charge in [0, 0.05) is 12.2 Å². The maximum Gasteiger partial charge on any atom is 0.156 e. The number of rotatable bonds is 4. The Morgan fingerprint density at radius 1 is 1.19 bits per heavy atom. The number of ether oxygens (including phenoxy) is 2. The number of hydrogen-bond donors (Lipinski definition) is 0. The van der Waals surface area contributed by atoms with E-state index in [-0.39, 0.29) is 6.29 Å². The summed E-state index contributed by atoms with van der Waals surface area (Å²) in [7, 11) is 0. The molecule has 1 unspecified atom stereocenters. The van der Waals surface area contributed by atoms with Gasteiger partial charge in [0.05, 0.1) is 0 Å². The van der Waals surface area contributed by atoms with E-state index in [0.717, 1.165) is 5.56 Å². The Hall–Kier alpha value is -1.30. The zero-order valence-corrected chi connectivity index (χ0v) is 10.1. The summed E-state index contributed by atoms with van der Waals surface area (Å²) < 4.78 is 10.6. The van der Waals surface area contributed by atoms with Crippen molar-refractivity contribution in [2.45, 2.75) is 27.1 Å². The van der Waals surface area contributed by atoms with Crippen molar-refractivity contribution >= 4 is 0 Å². The van der Waals surface area contributed by atoms with Gasteiger partial charge in [-0.1, -0.05) is 29.5 Å². The fourth-order valence-electron chi connectivity index (χ4n) is 1.22. The maximum absolute atomic E-state index is 5.33. The van der Waals surface area contributed by atoms with E-state index in [1.54, 1.807) is 0 Å². The fraction of sp³-hybridized carbons (Fsp3) is 0.429. The number of hydrogen-bond acceptors (Lipinski definition) is 2. The van der Waals surface area contributed by atoms with Crippen LogP contribution in [0.5, 0.6) is 0 Å². The molecule has 0 amide bonds. The number of aryl methyl sites for hydroxylation is 1. The molecule has 1 aromatic rings. The third-order valence-electron chi connectivity index (χ3n) is 2.08. The van der Waals surface area contributed by atoms with Crippen LogP contribution < -0.4 is 0 Å². The lowest BCUT2D eigenvalue weighted by Gasteiger charge is -2.09. The second-order valence-electron chi connectivity index (χ2n) is 3.50. The van der Waals surface area contributed by atoms with Crippen molar-refractivity contribution in [3.05, 3.63) is 35.4 Å². The molecule has 1 atom stereocenters. The lowest BCUT2D eigenvalue weighted by molar-refractivity contribution is -0.117. The highest BCUT2D eigenvalue weighted by Gasteiger charge is 1.96. The molecule has 0 spiro atoms. The van der Waals surface area contributed by atoms with E-state index < -0.39 is 0 Å². The van der Waals surface area contributed by atoms with Crippen LogP contribution in [0.15, 0.2) is 24.3 Å². The van der Waals surface area contributed by atoms with Crippen molar-refractivity contribution in [2.24, 2.45) is 0 Å². The molecule has 16 heavy (non-hydrogen) atoms. The van der Waals surface area contributed by atoms with Crippen LogP contribution in [0.2, 0.25) is 0 Å². The molecule has 2 heteroatoms. The van der Waals surface area contributed by atoms with Gasteiger partial charge in [0.15, 0.2) is 6.29 Å². The third-order valence-corrected chi connectivity index (χ3v) is 2.08. The molecule has 0 aromatic heterocycles. The van der Waals surface area contributed by atoms with E-state index in [4.69, 9.17) is 9.47 Å². The molecule has 0 aliphatic rings. The minimum Gasteiger partial charge on any atom is -0.353 e. The molecule has 0 N–H and O–H groups in total. The summed E-state index contributed by atoms with van der Waals surface area (Å²) in [5, 5.41) is 0. The Labute approximate surface area is 97.6 Å². The molecule has 0 saturated carbocycles. The van der Waals surface area contributed by atoms with Crippen molar-refractivity contribution in [1.82, 2.24) is 0 Å². The summed E-state index contributed by atoms with van der Waals surface area (Å²) in [4.78, 5) is 0. The van der Waals surface area contributed by atoms with Crippen molar-refractivity contribution in [3.8, 4) is 11.8 Å². The molecular weight excluding hydrogens is 200 g/mol. The number of benzene rings is 1. The van der Waals surface area contributed by atoms with Gasteiger partial charge in [0.2, 0.25) is 0 Å². The van der Waals surface area contributed by atoms with Gasteiger partial charge in [0.25, 0.3) is 0 Å². The smallest absolute Gasteiger partial charge is 0.156 e. The monoisotopic (exact) mass is 218 g/mol. The predicted octanol–water partition coefficient (Wildman–Crippen LogP) is 2.75. The molecule has 1 rings (SSSR count). The van der Waals surface area contributed by atoms with Crippen molar-refractivity contribution in [2.75, 3.05) is 13.2 Å². The predicted molar refractivity (Wildman–Crippen MR) is 65.1 cm³/mol. The van der Waals surface area contributed by atoms with E-state index in [9.17, 15) is 0 Å². The van der Waals surface area contributed by atoms with E-state index in [2.05, 4.69) is 18.8 Å². The molecule has 1 aromatic carbocycles. The van der Waals surface area contributed by atoms with Gasteiger partial charge in [-0.15, -0.1) is 0 Å². The van der Waals surface area contributed by atoms with Gasteiger partial charge in [-0.2, -0.15) is 0 Å². The van der Waals surface area contributed by atoms with Gasteiger partial charge in [-0.3, -0.25) is 0 Å². The second-order valence-corrected chi connectivity index (χ2v) is 3.50. The highest BCUT2D eigenvalue weighted by Crippen LogP contribution is 2.00. The van der Waals surface area contributed by atoms with Gasteiger partial charge < -0.3 is 9.47 Å². The Balaban J connectivity index is 2.35. The lowest BCUT2D eigenvalue weighted by atomic mass is 10.2. The molecular formula is C14H18O2. The minimum atomic E-state index is -0.183. The first-order chi connectivity index (χ1) is 7.72. The van der Waals surface area contributed by atoms with Crippen LogP contribution in [0.4, 0.5) is 0 Å². The Morgan fingerprint density at radius 3 is 2.50 bits per heavy atom. The quantitative estimate of drug-likeness (QED) is 0.571. The van der Waals surface area contributed by atoms with Crippen molar-refractivity contribution in [1.29, 1.82) is 0 Å². The van der Waals surface area contributed by atoms with E-state index in [1.165, 1.54) is 5.56 Å². The van der Waals surface area contributed by atoms with Crippen LogP contribution in [0.25, 0.3) is 0 Å². The van der Waals surface area contributed by atoms with Crippen LogP contribution in [-0.4, -0.2) is 19.5 Å². The maximum atomic E-state index is 5.33. The molecule has 0 bridgehead atoms. The molecule has 0 heterocycles.